The van der Waals surface area contributed by atoms with Gasteiger partial charge in [0.25, 0.3) is 0 Å². The van der Waals surface area contributed by atoms with Crippen LogP contribution in [0.1, 0.15) is 284 Å². The molecule has 1 saturated heterocycles. The number of ether oxygens (including phenoxy) is 2. The van der Waals surface area contributed by atoms with Gasteiger partial charge >= 0.3 is 0 Å². The molecule has 0 aromatic carbocycles. The molecule has 0 bridgehead atoms. The summed E-state index contributed by atoms with van der Waals surface area (Å²) in [6.07, 6.45) is 65.9. The number of aliphatic hydroxyl groups excluding tert-OH is 5. The van der Waals surface area contributed by atoms with Crippen LogP contribution in [-0.2, 0) is 14.3 Å². The van der Waals surface area contributed by atoms with Crippen LogP contribution in [-0.4, -0.2) is 87.5 Å². The van der Waals surface area contributed by atoms with E-state index in [9.17, 15) is 30.3 Å². The lowest BCUT2D eigenvalue weighted by molar-refractivity contribution is -0.302. The van der Waals surface area contributed by atoms with Gasteiger partial charge in [-0.15, -0.1) is 0 Å². The SMILES string of the molecule is CCCCCCC/C=C\C/C=C\C/C=C\CCCCCCCCC(=O)NC(COC1OC(CO)C(O)C(O)C1O)C(O)/C=C/CC/C=C/CCCCCCCCCCCCCCCCCCCCCCCCC. The first kappa shape index (κ1) is 68.9. The zero-order chi connectivity index (χ0) is 52.9. The van der Waals surface area contributed by atoms with Gasteiger partial charge < -0.3 is 40.3 Å². The first-order valence-electron chi connectivity index (χ1n) is 31.0. The zero-order valence-corrected chi connectivity index (χ0v) is 47.4. The van der Waals surface area contributed by atoms with Gasteiger partial charge in [-0.3, -0.25) is 4.79 Å². The number of aliphatic hydroxyl groups is 5. The van der Waals surface area contributed by atoms with Crippen molar-refractivity contribution in [1.82, 2.24) is 5.32 Å². The largest absolute Gasteiger partial charge is 0.394 e. The summed E-state index contributed by atoms with van der Waals surface area (Å²) < 4.78 is 11.3. The van der Waals surface area contributed by atoms with E-state index in [0.29, 0.717) is 6.42 Å². The van der Waals surface area contributed by atoms with Gasteiger partial charge in [0.15, 0.2) is 6.29 Å². The molecule has 0 aromatic rings. The van der Waals surface area contributed by atoms with Gasteiger partial charge in [0, 0.05) is 6.42 Å². The van der Waals surface area contributed by atoms with E-state index >= 15 is 0 Å². The van der Waals surface area contributed by atoms with Gasteiger partial charge in [-0.2, -0.15) is 0 Å². The van der Waals surface area contributed by atoms with E-state index in [1.807, 2.05) is 6.08 Å². The van der Waals surface area contributed by atoms with Crippen LogP contribution in [0.2, 0.25) is 0 Å². The molecule has 1 fully saturated rings. The molecular formula is C64H117NO8. The van der Waals surface area contributed by atoms with E-state index in [0.717, 1.165) is 64.2 Å². The highest BCUT2D eigenvalue weighted by Gasteiger charge is 2.44. The maximum absolute atomic E-state index is 13.1. The Hall–Kier alpha value is -2.11. The summed E-state index contributed by atoms with van der Waals surface area (Å²) in [7, 11) is 0. The highest BCUT2D eigenvalue weighted by atomic mass is 16.7. The van der Waals surface area contributed by atoms with Gasteiger partial charge in [-0.25, -0.2) is 0 Å². The molecule has 1 aliphatic rings. The molecule has 9 nitrogen and oxygen atoms in total. The number of nitrogens with one attached hydrogen (secondary N) is 1. The molecule has 1 rings (SSSR count). The topological polar surface area (TPSA) is 149 Å². The van der Waals surface area contributed by atoms with Crippen LogP contribution < -0.4 is 5.32 Å². The molecule has 0 aromatic heterocycles. The molecule has 1 aliphatic heterocycles. The number of hydrogen-bond donors (Lipinski definition) is 6. The average molecular weight is 1030 g/mol. The van der Waals surface area contributed by atoms with E-state index in [-0.39, 0.29) is 12.5 Å². The zero-order valence-electron chi connectivity index (χ0n) is 47.4. The summed E-state index contributed by atoms with van der Waals surface area (Å²) in [4.78, 5) is 13.1. The average Bonchev–Trinajstić information content (AvgIpc) is 3.39. The van der Waals surface area contributed by atoms with Crippen LogP contribution in [0.15, 0.2) is 60.8 Å². The Balaban J connectivity index is 2.22. The lowest BCUT2D eigenvalue weighted by Gasteiger charge is -2.40. The molecule has 0 saturated carbocycles. The van der Waals surface area contributed by atoms with Crippen molar-refractivity contribution in [3.8, 4) is 0 Å². The fourth-order valence-electron chi connectivity index (χ4n) is 9.65. The van der Waals surface area contributed by atoms with Crippen LogP contribution >= 0.6 is 0 Å². The van der Waals surface area contributed by atoms with Crippen LogP contribution in [0.25, 0.3) is 0 Å². The molecule has 6 N–H and O–H groups in total. The summed E-state index contributed by atoms with van der Waals surface area (Å²) in [5.74, 6) is -0.198. The van der Waals surface area contributed by atoms with E-state index < -0.39 is 49.5 Å². The second-order valence-corrected chi connectivity index (χ2v) is 21.5. The van der Waals surface area contributed by atoms with Crippen LogP contribution in [0.3, 0.4) is 0 Å². The van der Waals surface area contributed by atoms with Crippen molar-refractivity contribution >= 4 is 5.91 Å². The van der Waals surface area contributed by atoms with Crippen LogP contribution in [0.5, 0.6) is 0 Å². The number of hydrogen-bond acceptors (Lipinski definition) is 8. The number of carbonyl (C=O) groups is 1. The van der Waals surface area contributed by atoms with Gasteiger partial charge in [0.05, 0.1) is 25.4 Å². The lowest BCUT2D eigenvalue weighted by Crippen LogP contribution is -2.60. The molecule has 7 atom stereocenters. The smallest absolute Gasteiger partial charge is 0.220 e. The summed E-state index contributed by atoms with van der Waals surface area (Å²) in [5.41, 5.74) is 0. The van der Waals surface area contributed by atoms with Gasteiger partial charge in [-0.1, -0.05) is 267 Å². The number of allylic oxidation sites excluding steroid dienone is 9. The maximum atomic E-state index is 13.1. The number of carbonyl (C=O) groups excluding carboxylic acids is 1. The normalized spacial score (nSPS) is 19.5. The molecule has 73 heavy (non-hydrogen) atoms. The maximum Gasteiger partial charge on any atom is 0.220 e. The molecule has 426 valence electrons. The predicted octanol–water partition coefficient (Wildman–Crippen LogP) is 15.9. The molecule has 0 radical (unpaired) electrons. The third-order valence-corrected chi connectivity index (χ3v) is 14.6. The van der Waals surface area contributed by atoms with Gasteiger partial charge in [-0.05, 0) is 70.6 Å². The quantitative estimate of drug-likeness (QED) is 0.0261. The van der Waals surface area contributed by atoms with Crippen LogP contribution in [0, 0.1) is 0 Å². The van der Waals surface area contributed by atoms with Gasteiger partial charge in [0.2, 0.25) is 5.91 Å². The molecule has 7 unspecified atom stereocenters. The van der Waals surface area contributed by atoms with E-state index in [1.54, 1.807) is 6.08 Å². The Morgan fingerprint density at radius 2 is 0.822 bits per heavy atom. The lowest BCUT2D eigenvalue weighted by atomic mass is 9.99. The van der Waals surface area contributed by atoms with E-state index in [2.05, 4.69) is 67.8 Å². The summed E-state index contributed by atoms with van der Waals surface area (Å²) in [5, 5.41) is 54.6. The summed E-state index contributed by atoms with van der Waals surface area (Å²) >= 11 is 0. The molecule has 1 heterocycles. The Kier molecular flexibility index (Phi) is 50.3. The third kappa shape index (κ3) is 42.7. The van der Waals surface area contributed by atoms with Gasteiger partial charge in [0.1, 0.15) is 24.4 Å². The molecule has 9 heteroatoms. The third-order valence-electron chi connectivity index (χ3n) is 14.6. The molecular weight excluding hydrogens is 911 g/mol. The minimum absolute atomic E-state index is 0.198. The standard InChI is InChI=1S/C64H117NO8/c1-3-5-7-9-11-13-15-17-19-21-23-25-26-27-28-29-30-31-32-34-35-37-39-41-43-45-47-49-51-53-58(67)57(56-72-64-63(71)62(70)61(69)59(55-66)73-64)65-60(68)54-52-50-48-46-44-42-40-38-36-33-24-22-20-18-16-14-12-10-8-6-4-2/h16,18,22,24,36,38,43,45,51,53,57-59,61-64,66-67,69-71H,3-15,17,19-21,23,25-35,37,39-42,44,46-50,52,54-56H2,1-2H3,(H,65,68)/b18-16-,24-22-,38-36-,45-43+,53-51+. The van der Waals surface area contributed by atoms with Crippen molar-refractivity contribution in [1.29, 1.82) is 0 Å². The molecule has 0 spiro atoms. The Bertz CT molecular complexity index is 1330. The van der Waals surface area contributed by atoms with Crippen molar-refractivity contribution in [3.63, 3.8) is 0 Å². The Morgan fingerprint density at radius 1 is 0.466 bits per heavy atom. The number of unbranched alkanes of at least 4 members (excludes halogenated alkanes) is 35. The van der Waals surface area contributed by atoms with Crippen molar-refractivity contribution in [3.05, 3.63) is 60.8 Å². The Morgan fingerprint density at radius 3 is 1.25 bits per heavy atom. The predicted molar refractivity (Wildman–Crippen MR) is 309 cm³/mol. The van der Waals surface area contributed by atoms with E-state index in [4.69, 9.17) is 9.47 Å². The highest BCUT2D eigenvalue weighted by Crippen LogP contribution is 2.23. The first-order valence-corrected chi connectivity index (χ1v) is 31.0. The van der Waals surface area contributed by atoms with E-state index in [1.165, 1.54) is 199 Å². The fraction of sp³-hybridized carbons (Fsp3) is 0.828. The number of rotatable bonds is 53. The van der Waals surface area contributed by atoms with Crippen molar-refractivity contribution in [2.75, 3.05) is 13.2 Å². The second kappa shape index (κ2) is 53.3. The fourth-order valence-corrected chi connectivity index (χ4v) is 9.65. The molecule has 0 aliphatic carbocycles. The Labute approximate surface area is 449 Å². The highest BCUT2D eigenvalue weighted by molar-refractivity contribution is 5.76. The second-order valence-electron chi connectivity index (χ2n) is 21.5. The van der Waals surface area contributed by atoms with Crippen molar-refractivity contribution in [2.45, 2.75) is 326 Å². The number of amides is 1. The monoisotopic (exact) mass is 1030 g/mol. The minimum atomic E-state index is -1.58. The molecule has 1 amide bonds. The summed E-state index contributed by atoms with van der Waals surface area (Å²) in [6, 6.07) is -0.833. The first-order chi connectivity index (χ1) is 35.8. The minimum Gasteiger partial charge on any atom is -0.394 e. The summed E-state index contributed by atoms with van der Waals surface area (Å²) in [6.45, 7) is 3.77. The van der Waals surface area contributed by atoms with Crippen LogP contribution in [0.4, 0.5) is 0 Å². The van der Waals surface area contributed by atoms with Crippen molar-refractivity contribution in [2.24, 2.45) is 0 Å². The van der Waals surface area contributed by atoms with Crippen molar-refractivity contribution < 1.29 is 39.8 Å².